The molecular weight excluding hydrogens is 211 g/mol. The molecule has 1 saturated carbocycles. The molecule has 11 heavy (non-hydrogen) atoms. The van der Waals surface area contributed by atoms with Crippen LogP contribution in [0.25, 0.3) is 0 Å². The molecule has 0 N–H and O–H groups in total. The fraction of sp³-hybridized carbons (Fsp3) is 1.00. The second kappa shape index (κ2) is 8.98. The van der Waals surface area contributed by atoms with Crippen molar-refractivity contribution in [1.29, 1.82) is 0 Å². The first-order valence-corrected chi connectivity index (χ1v) is 9.85. The molecule has 0 unspecified atom stereocenters. The molecule has 0 heterocycles. The zero-order valence-corrected chi connectivity index (χ0v) is 10.8. The zero-order valence-electron chi connectivity index (χ0n) is 8.32. The van der Waals surface area contributed by atoms with Crippen LogP contribution in [0.15, 0.2) is 0 Å². The third-order valence-electron chi connectivity index (χ3n) is 2.30. The maximum atomic E-state index is 2.32. The van der Waals surface area contributed by atoms with Crippen LogP contribution in [0.4, 0.5) is 0 Å². The predicted octanol–water partition coefficient (Wildman–Crippen LogP) is 4.14. The normalized spacial score (nSPS) is 18.5. The topological polar surface area (TPSA) is 0 Å². The summed E-state index contributed by atoms with van der Waals surface area (Å²) in [6.07, 6.45) is 8.93. The summed E-state index contributed by atoms with van der Waals surface area (Å²) in [5.41, 5.74) is 0. The molecule has 0 spiro atoms. The predicted molar refractivity (Wildman–Crippen MR) is 48.6 cm³/mol. The molecule has 0 radical (unpaired) electrons. The van der Waals surface area contributed by atoms with Crippen LogP contribution >= 0.6 is 0 Å². The van der Waals surface area contributed by atoms with Crippen LogP contribution in [0.5, 0.6) is 0 Å². The Morgan fingerprint density at radius 2 is 1.55 bits per heavy atom. The SMILES string of the molecule is CCC1CCCCC1.[CH3][Zr][CH3]. The molecule has 0 saturated heterocycles. The Morgan fingerprint density at radius 3 is 1.82 bits per heavy atom. The second-order valence-corrected chi connectivity index (χ2v) is 5.87. The van der Waals surface area contributed by atoms with Gasteiger partial charge in [-0.3, -0.25) is 0 Å². The molecule has 66 valence electrons. The Labute approximate surface area is 83.7 Å². The Kier molecular flexibility index (Phi) is 9.70. The monoisotopic (exact) mass is 232 g/mol. The van der Waals surface area contributed by atoms with Crippen molar-refractivity contribution in [3.05, 3.63) is 0 Å². The van der Waals surface area contributed by atoms with Crippen LogP contribution in [0.1, 0.15) is 45.4 Å². The molecule has 0 aliphatic heterocycles. The number of hydrogen-bond acceptors (Lipinski definition) is 0. The van der Waals surface area contributed by atoms with E-state index in [1.54, 1.807) is 0 Å². The van der Waals surface area contributed by atoms with Gasteiger partial charge in [-0.15, -0.1) is 0 Å². The van der Waals surface area contributed by atoms with Gasteiger partial charge in [-0.25, -0.2) is 0 Å². The maximum absolute atomic E-state index is 2.32. The van der Waals surface area contributed by atoms with Crippen molar-refractivity contribution in [2.75, 3.05) is 0 Å². The summed E-state index contributed by atoms with van der Waals surface area (Å²) in [5, 5.41) is 0. The van der Waals surface area contributed by atoms with Gasteiger partial charge in [-0.1, -0.05) is 45.4 Å². The third-order valence-corrected chi connectivity index (χ3v) is 2.30. The Morgan fingerprint density at radius 1 is 1.09 bits per heavy atom. The minimum absolute atomic E-state index is 0.230. The van der Waals surface area contributed by atoms with Crippen LogP contribution in [-0.4, -0.2) is 0 Å². The molecule has 1 aliphatic carbocycles. The Balaban J connectivity index is 0.000000292. The minimum atomic E-state index is 0.230. The van der Waals surface area contributed by atoms with Gasteiger partial charge in [-0.05, 0) is 5.92 Å². The summed E-state index contributed by atoms with van der Waals surface area (Å²) < 4.78 is 4.59. The number of hydrogen-bond donors (Lipinski definition) is 0. The van der Waals surface area contributed by atoms with E-state index in [0.717, 1.165) is 5.92 Å². The van der Waals surface area contributed by atoms with E-state index in [2.05, 4.69) is 16.2 Å². The summed E-state index contributed by atoms with van der Waals surface area (Å²) >= 11 is 0.230. The van der Waals surface area contributed by atoms with Crippen molar-refractivity contribution in [1.82, 2.24) is 0 Å². The fourth-order valence-electron chi connectivity index (χ4n) is 1.60. The molecule has 1 fully saturated rings. The molecule has 0 amide bonds. The quantitative estimate of drug-likeness (QED) is 0.638. The van der Waals surface area contributed by atoms with E-state index in [9.17, 15) is 0 Å². The van der Waals surface area contributed by atoms with Crippen LogP contribution in [0.2, 0.25) is 9.26 Å². The average molecular weight is 234 g/mol. The summed E-state index contributed by atoms with van der Waals surface area (Å²) in [6.45, 7) is 2.32. The Hall–Kier alpha value is 0.883. The zero-order chi connectivity index (χ0) is 8.53. The van der Waals surface area contributed by atoms with Gasteiger partial charge >= 0.3 is 32.5 Å². The van der Waals surface area contributed by atoms with Gasteiger partial charge in [0.2, 0.25) is 0 Å². The second-order valence-electron chi connectivity index (χ2n) is 3.41. The van der Waals surface area contributed by atoms with E-state index in [0.29, 0.717) is 0 Å². The summed E-state index contributed by atoms with van der Waals surface area (Å²) in [6, 6.07) is 0. The fourth-order valence-corrected chi connectivity index (χ4v) is 1.60. The van der Waals surface area contributed by atoms with E-state index >= 15 is 0 Å². The molecule has 0 bridgehead atoms. The van der Waals surface area contributed by atoms with Crippen LogP contribution in [0, 0.1) is 5.92 Å². The van der Waals surface area contributed by atoms with E-state index < -0.39 is 0 Å². The summed E-state index contributed by atoms with van der Waals surface area (Å²) in [5.74, 6) is 1.09. The first-order chi connectivity index (χ1) is 5.35. The first-order valence-electron chi connectivity index (χ1n) is 4.93. The van der Waals surface area contributed by atoms with Gasteiger partial charge in [0, 0.05) is 0 Å². The van der Waals surface area contributed by atoms with E-state index in [-0.39, 0.29) is 23.2 Å². The molecule has 0 nitrogen and oxygen atoms in total. The van der Waals surface area contributed by atoms with Gasteiger partial charge in [0.15, 0.2) is 0 Å². The molecular formula is C10H22Zr. The van der Waals surface area contributed by atoms with Crippen molar-refractivity contribution >= 4 is 0 Å². The van der Waals surface area contributed by atoms with E-state index in [1.807, 2.05) is 0 Å². The molecule has 1 heteroatoms. The van der Waals surface area contributed by atoms with Crippen molar-refractivity contribution in [3.63, 3.8) is 0 Å². The van der Waals surface area contributed by atoms with Gasteiger partial charge in [0.1, 0.15) is 0 Å². The van der Waals surface area contributed by atoms with Crippen molar-refractivity contribution in [3.8, 4) is 0 Å². The van der Waals surface area contributed by atoms with Gasteiger partial charge in [0.25, 0.3) is 0 Å². The van der Waals surface area contributed by atoms with Crippen molar-refractivity contribution in [2.24, 2.45) is 5.92 Å². The van der Waals surface area contributed by atoms with Gasteiger partial charge < -0.3 is 0 Å². The molecule has 1 rings (SSSR count). The molecule has 0 aromatic rings. The molecule has 0 aromatic carbocycles. The van der Waals surface area contributed by atoms with Crippen molar-refractivity contribution < 1.29 is 23.2 Å². The standard InChI is InChI=1S/C8H16.2CH3.Zr/c1-2-8-6-4-3-5-7-8;;;/h8H,2-7H2,1H3;2*1H3;. The number of rotatable bonds is 1. The molecule has 0 atom stereocenters. The summed E-state index contributed by atoms with van der Waals surface area (Å²) in [4.78, 5) is 0. The summed E-state index contributed by atoms with van der Waals surface area (Å²) in [7, 11) is 0. The van der Waals surface area contributed by atoms with Crippen LogP contribution < -0.4 is 0 Å². The van der Waals surface area contributed by atoms with E-state index in [4.69, 9.17) is 0 Å². The first kappa shape index (κ1) is 11.9. The molecule has 0 aromatic heterocycles. The third kappa shape index (κ3) is 7.25. The van der Waals surface area contributed by atoms with Gasteiger partial charge in [-0.2, -0.15) is 0 Å². The van der Waals surface area contributed by atoms with Crippen molar-refractivity contribution in [2.45, 2.75) is 54.7 Å². The average Bonchev–Trinajstić information content (AvgIpc) is 2.08. The van der Waals surface area contributed by atoms with Crippen LogP contribution in [-0.2, 0) is 23.2 Å². The molecule has 1 aliphatic rings. The van der Waals surface area contributed by atoms with Gasteiger partial charge in [0.05, 0.1) is 0 Å². The van der Waals surface area contributed by atoms with E-state index in [1.165, 1.54) is 38.5 Å². The Bertz CT molecular complexity index is 65.3. The van der Waals surface area contributed by atoms with Crippen LogP contribution in [0.3, 0.4) is 0 Å².